The lowest BCUT2D eigenvalue weighted by molar-refractivity contribution is -0.0104. The van der Waals surface area contributed by atoms with Crippen LogP contribution in [0.15, 0.2) is 29.3 Å². The largest absolute Gasteiger partial charge is 0.379 e. The number of hydrogen-bond donors (Lipinski definition) is 2. The van der Waals surface area contributed by atoms with Gasteiger partial charge in [0.2, 0.25) is 0 Å². The van der Waals surface area contributed by atoms with Crippen LogP contribution in [0.2, 0.25) is 0 Å². The van der Waals surface area contributed by atoms with Crippen LogP contribution in [-0.4, -0.2) is 80.4 Å². The SMILES string of the molecule is CCNC(=NCC1(N2CCOCC2)CCSC1)NC(C)c1cccc(N2CCCC2)c1.I. The molecule has 3 aliphatic heterocycles. The van der Waals surface area contributed by atoms with E-state index in [1.54, 1.807) is 0 Å². The van der Waals surface area contributed by atoms with Gasteiger partial charge in [0.25, 0.3) is 0 Å². The number of thioether (sulfide) groups is 1. The Balaban J connectivity index is 0.00000289. The average Bonchev–Trinajstić information content (AvgIpc) is 3.51. The minimum Gasteiger partial charge on any atom is -0.379 e. The Kier molecular flexibility index (Phi) is 10.3. The number of morpholine rings is 1. The van der Waals surface area contributed by atoms with Crippen LogP contribution in [0.5, 0.6) is 0 Å². The number of aliphatic imine (C=N–C) groups is 1. The number of ether oxygens (including phenoxy) is 1. The van der Waals surface area contributed by atoms with Crippen LogP contribution in [-0.2, 0) is 4.74 Å². The molecule has 0 aromatic heterocycles. The molecule has 0 aliphatic carbocycles. The molecule has 1 aromatic carbocycles. The third-order valence-electron chi connectivity index (χ3n) is 6.83. The Morgan fingerprint density at radius 1 is 1.22 bits per heavy atom. The second-order valence-electron chi connectivity index (χ2n) is 8.98. The van der Waals surface area contributed by atoms with Crippen molar-refractivity contribution < 1.29 is 4.74 Å². The first kappa shape index (κ1) is 25.9. The van der Waals surface area contributed by atoms with Gasteiger partial charge >= 0.3 is 0 Å². The van der Waals surface area contributed by atoms with E-state index in [1.165, 1.54) is 55.1 Å². The first-order chi connectivity index (χ1) is 15.2. The molecule has 2 unspecified atom stereocenters. The van der Waals surface area contributed by atoms with Crippen molar-refractivity contribution in [3.63, 3.8) is 0 Å². The summed E-state index contributed by atoms with van der Waals surface area (Å²) in [6, 6.07) is 9.20. The van der Waals surface area contributed by atoms with Crippen molar-refractivity contribution in [2.75, 3.05) is 68.9 Å². The topological polar surface area (TPSA) is 52.1 Å². The van der Waals surface area contributed by atoms with Crippen LogP contribution < -0.4 is 15.5 Å². The summed E-state index contributed by atoms with van der Waals surface area (Å²) in [7, 11) is 0. The van der Waals surface area contributed by atoms with Crippen LogP contribution in [0.3, 0.4) is 0 Å². The molecular weight excluding hydrogens is 533 g/mol. The number of guanidine groups is 1. The Bertz CT molecular complexity index is 731. The molecule has 0 amide bonds. The van der Waals surface area contributed by atoms with Gasteiger partial charge in [-0.05, 0) is 56.6 Å². The van der Waals surface area contributed by atoms with Crippen molar-refractivity contribution in [3.8, 4) is 0 Å². The van der Waals surface area contributed by atoms with Gasteiger partial charge in [-0.2, -0.15) is 11.8 Å². The zero-order valence-electron chi connectivity index (χ0n) is 19.6. The zero-order valence-corrected chi connectivity index (χ0v) is 22.8. The summed E-state index contributed by atoms with van der Waals surface area (Å²) < 4.78 is 5.60. The highest BCUT2D eigenvalue weighted by molar-refractivity contribution is 14.0. The van der Waals surface area contributed by atoms with Gasteiger partial charge in [0.1, 0.15) is 0 Å². The second-order valence-corrected chi connectivity index (χ2v) is 10.1. The second kappa shape index (κ2) is 12.7. The molecule has 4 rings (SSSR count). The van der Waals surface area contributed by atoms with Crippen molar-refractivity contribution in [1.29, 1.82) is 0 Å². The Hall–Kier alpha value is -0.710. The molecule has 1 aromatic rings. The van der Waals surface area contributed by atoms with E-state index < -0.39 is 0 Å². The molecule has 0 saturated carbocycles. The normalized spacial score (nSPS) is 25.4. The van der Waals surface area contributed by atoms with Crippen LogP contribution in [0, 0.1) is 0 Å². The molecule has 2 N–H and O–H groups in total. The van der Waals surface area contributed by atoms with Crippen molar-refractivity contribution >= 4 is 47.4 Å². The average molecular weight is 574 g/mol. The molecule has 0 radical (unpaired) electrons. The summed E-state index contributed by atoms with van der Waals surface area (Å²) in [5.74, 6) is 3.32. The van der Waals surface area contributed by atoms with E-state index >= 15 is 0 Å². The maximum atomic E-state index is 5.60. The molecular formula is C24H40IN5OS. The number of halogens is 1. The minimum absolute atomic E-state index is 0. The third-order valence-corrected chi connectivity index (χ3v) is 8.07. The summed E-state index contributed by atoms with van der Waals surface area (Å²) in [4.78, 5) is 10.2. The molecule has 3 aliphatic rings. The third kappa shape index (κ3) is 6.45. The van der Waals surface area contributed by atoms with Crippen LogP contribution in [0.4, 0.5) is 5.69 Å². The van der Waals surface area contributed by atoms with E-state index in [1.807, 2.05) is 0 Å². The molecule has 2 atom stereocenters. The molecule has 3 heterocycles. The highest BCUT2D eigenvalue weighted by Gasteiger charge is 2.40. The fraction of sp³-hybridized carbons (Fsp3) is 0.708. The standard InChI is InChI=1S/C24H39N5OS.HI/c1-3-25-23(26-18-24(9-16-31-19-24)29-12-14-30-15-13-29)27-20(2)21-7-6-8-22(17-21)28-10-4-5-11-28;/h6-8,17,20H,3-5,9-16,18-19H2,1-2H3,(H2,25,26,27);1H. The maximum Gasteiger partial charge on any atom is 0.191 e. The van der Waals surface area contributed by atoms with Gasteiger partial charge in [0.15, 0.2) is 5.96 Å². The van der Waals surface area contributed by atoms with Crippen LogP contribution >= 0.6 is 35.7 Å². The van der Waals surface area contributed by atoms with E-state index in [0.29, 0.717) is 0 Å². The summed E-state index contributed by atoms with van der Waals surface area (Å²) in [6.07, 6.45) is 3.82. The van der Waals surface area contributed by atoms with Crippen LogP contribution in [0.25, 0.3) is 0 Å². The molecule has 32 heavy (non-hydrogen) atoms. The van der Waals surface area contributed by atoms with E-state index in [-0.39, 0.29) is 35.6 Å². The monoisotopic (exact) mass is 573 g/mol. The molecule has 8 heteroatoms. The van der Waals surface area contributed by atoms with Gasteiger partial charge < -0.3 is 20.3 Å². The molecule has 180 valence electrons. The summed E-state index contributed by atoms with van der Waals surface area (Å²) in [5, 5.41) is 7.14. The highest BCUT2D eigenvalue weighted by Crippen LogP contribution is 2.34. The lowest BCUT2D eigenvalue weighted by atomic mass is 9.96. The first-order valence-electron chi connectivity index (χ1n) is 12.0. The van der Waals surface area contributed by atoms with E-state index in [2.05, 4.69) is 70.3 Å². The van der Waals surface area contributed by atoms with Gasteiger partial charge in [-0.1, -0.05) is 12.1 Å². The van der Waals surface area contributed by atoms with Crippen molar-refractivity contribution in [1.82, 2.24) is 15.5 Å². The fourth-order valence-corrected chi connectivity index (χ4v) is 6.38. The van der Waals surface area contributed by atoms with Gasteiger partial charge in [0, 0.05) is 44.2 Å². The smallest absolute Gasteiger partial charge is 0.191 e. The predicted molar refractivity (Wildman–Crippen MR) is 148 cm³/mol. The van der Waals surface area contributed by atoms with Gasteiger partial charge in [0.05, 0.1) is 31.3 Å². The Morgan fingerprint density at radius 2 is 2.00 bits per heavy atom. The van der Waals surface area contributed by atoms with Crippen LogP contribution in [0.1, 0.15) is 44.7 Å². The van der Waals surface area contributed by atoms with E-state index in [9.17, 15) is 0 Å². The lowest BCUT2D eigenvalue weighted by Gasteiger charge is -2.42. The Morgan fingerprint density at radius 3 is 2.69 bits per heavy atom. The first-order valence-corrected chi connectivity index (χ1v) is 13.2. The van der Waals surface area contributed by atoms with Gasteiger partial charge in [-0.3, -0.25) is 9.89 Å². The molecule has 3 fully saturated rings. The molecule has 6 nitrogen and oxygen atoms in total. The fourth-order valence-electron chi connectivity index (χ4n) is 4.91. The molecule has 3 saturated heterocycles. The summed E-state index contributed by atoms with van der Waals surface area (Å²) in [5.41, 5.74) is 2.84. The number of benzene rings is 1. The number of anilines is 1. The number of hydrogen-bond acceptors (Lipinski definition) is 5. The zero-order chi connectivity index (χ0) is 21.5. The minimum atomic E-state index is 0. The quantitative estimate of drug-likeness (QED) is 0.295. The summed E-state index contributed by atoms with van der Waals surface area (Å²) in [6.45, 7) is 12.2. The maximum absolute atomic E-state index is 5.60. The number of nitrogens with one attached hydrogen (secondary N) is 2. The number of nitrogens with zero attached hydrogens (tertiary/aromatic N) is 3. The Labute approximate surface area is 215 Å². The van der Waals surface area contributed by atoms with Crippen molar-refractivity contribution in [3.05, 3.63) is 29.8 Å². The highest BCUT2D eigenvalue weighted by atomic mass is 127. The predicted octanol–water partition coefficient (Wildman–Crippen LogP) is 3.73. The molecule has 0 spiro atoms. The van der Waals surface area contributed by atoms with Gasteiger partial charge in [-0.25, -0.2) is 0 Å². The van der Waals surface area contributed by atoms with Crippen molar-refractivity contribution in [2.45, 2.75) is 44.7 Å². The van der Waals surface area contributed by atoms with Gasteiger partial charge in [-0.15, -0.1) is 24.0 Å². The molecule has 0 bridgehead atoms. The van der Waals surface area contributed by atoms with E-state index in [4.69, 9.17) is 9.73 Å². The number of rotatable bonds is 7. The van der Waals surface area contributed by atoms with Crippen molar-refractivity contribution in [2.24, 2.45) is 4.99 Å². The lowest BCUT2D eigenvalue weighted by Crippen LogP contribution is -2.56. The summed E-state index contributed by atoms with van der Waals surface area (Å²) >= 11 is 2.07. The van der Waals surface area contributed by atoms with E-state index in [0.717, 1.165) is 45.4 Å².